The molecule has 46 heavy (non-hydrogen) atoms. The molecule has 0 radical (unpaired) electrons. The fraction of sp³-hybridized carbons (Fsp3) is 0.267. The van der Waals surface area contributed by atoms with Crippen molar-refractivity contribution in [3.8, 4) is 11.4 Å². The molecule has 0 unspecified atom stereocenters. The number of carbonyl (C=O) groups excluding carboxylic acids is 4. The molecule has 16 heteroatoms. The monoisotopic (exact) mass is 732 g/mol. The van der Waals surface area contributed by atoms with Crippen LogP contribution in [0, 0.1) is 0 Å². The van der Waals surface area contributed by atoms with Crippen LogP contribution in [0.1, 0.15) is 20.7 Å². The van der Waals surface area contributed by atoms with E-state index in [0.717, 1.165) is 6.29 Å². The number of fused-ring (bicyclic) bond motifs is 2. The molecule has 4 rings (SSSR count). The maximum Gasteiger partial charge on any atom is 0.252 e. The Bertz CT molecular complexity index is 1700. The summed E-state index contributed by atoms with van der Waals surface area (Å²) in [6.07, 6.45) is 0.808. The molecule has 2 amide bonds. The Morgan fingerprint density at radius 2 is 1.33 bits per heavy atom. The predicted octanol–water partition coefficient (Wildman–Crippen LogP) is 4.29. The van der Waals surface area contributed by atoms with Gasteiger partial charge in [0.15, 0.2) is 0 Å². The highest BCUT2D eigenvalue weighted by atomic mass is 33.1. The lowest BCUT2D eigenvalue weighted by Gasteiger charge is -2.13. The van der Waals surface area contributed by atoms with Crippen LogP contribution < -0.4 is 20.1 Å². The number of pyridine rings is 2. The van der Waals surface area contributed by atoms with Crippen molar-refractivity contribution < 1.29 is 19.2 Å². The van der Waals surface area contributed by atoms with Crippen molar-refractivity contribution in [3.05, 3.63) is 71.8 Å². The third kappa shape index (κ3) is 10.0. The molecule has 4 aromatic rings. The van der Waals surface area contributed by atoms with Crippen LogP contribution in [0.3, 0.4) is 0 Å². The van der Waals surface area contributed by atoms with Crippen molar-refractivity contribution in [3.63, 3.8) is 0 Å². The van der Waals surface area contributed by atoms with Crippen LogP contribution in [-0.2, 0) is 9.59 Å². The number of carbonyl (C=O) groups is 4. The van der Waals surface area contributed by atoms with Crippen molar-refractivity contribution in [1.29, 1.82) is 0 Å². The van der Waals surface area contributed by atoms with Gasteiger partial charge in [-0.1, -0.05) is 59.1 Å². The average Bonchev–Trinajstić information content (AvgIpc) is 3.08. The summed E-state index contributed by atoms with van der Waals surface area (Å²) < 4.78 is 5.99. The number of benzene rings is 2. The van der Waals surface area contributed by atoms with E-state index in [1.54, 1.807) is 12.1 Å². The first-order valence-corrected chi connectivity index (χ1v) is 19.0. The van der Waals surface area contributed by atoms with Gasteiger partial charge in [-0.25, -0.2) is 14.7 Å². The first kappa shape index (κ1) is 36.4. The van der Waals surface area contributed by atoms with Gasteiger partial charge in [0.25, 0.3) is 11.8 Å². The van der Waals surface area contributed by atoms with Gasteiger partial charge >= 0.3 is 0 Å². The topological polar surface area (TPSA) is 142 Å². The number of hydrogen-bond acceptors (Lipinski definition) is 13. The lowest BCUT2D eigenvalue weighted by Crippen LogP contribution is -2.33. The zero-order chi connectivity index (χ0) is 32.9. The van der Waals surface area contributed by atoms with E-state index in [-0.39, 0.29) is 23.0 Å². The number of amides is 2. The summed E-state index contributed by atoms with van der Waals surface area (Å²) in [6.45, 7) is 0.754. The van der Waals surface area contributed by atoms with Gasteiger partial charge in [0.2, 0.25) is 5.12 Å². The number of aldehydes is 1. The molecule has 0 fully saturated rings. The van der Waals surface area contributed by atoms with Crippen LogP contribution in [0.25, 0.3) is 33.2 Å². The van der Waals surface area contributed by atoms with Gasteiger partial charge in [0.05, 0.1) is 45.6 Å². The average molecular weight is 733 g/mol. The van der Waals surface area contributed by atoms with E-state index in [9.17, 15) is 19.2 Å². The molecule has 4 N–H and O–H groups in total. The molecule has 242 valence electrons. The summed E-state index contributed by atoms with van der Waals surface area (Å²) in [4.78, 5) is 58.8. The van der Waals surface area contributed by atoms with Gasteiger partial charge in [-0.2, -0.15) is 25.3 Å². The standard InChI is InChI=1S/C30H32N6O4S6/c37-15-18(16-41)35-46-45-12-10-32-29(39)22-14-26(34-24-8-4-2-6-20(22)24)25-13-21(19-5-1-3-7-23(19)33-25)28(38)31-9-11-44-36-27(17-42)30(40)43/h1-8,13-15,18,27,35-36,41-42H,9-12,16-17H2,(H,31,38)(H,32,39)(H,40,43)/t18-,27+/m1/s1. The second kappa shape index (κ2) is 18.8. The largest absolute Gasteiger partial charge is 0.351 e. The van der Waals surface area contributed by atoms with Crippen molar-refractivity contribution in [1.82, 2.24) is 30.0 Å². The predicted molar refractivity (Wildman–Crippen MR) is 201 cm³/mol. The van der Waals surface area contributed by atoms with Crippen LogP contribution in [-0.4, -0.2) is 81.4 Å². The number of para-hydroxylation sites is 2. The molecule has 10 nitrogen and oxygen atoms in total. The minimum atomic E-state index is -0.485. The highest BCUT2D eigenvalue weighted by Gasteiger charge is 2.18. The van der Waals surface area contributed by atoms with Gasteiger partial charge in [-0.3, -0.25) is 19.1 Å². The molecule has 2 aromatic heterocycles. The van der Waals surface area contributed by atoms with E-state index in [1.165, 1.54) is 33.7 Å². The van der Waals surface area contributed by atoms with Crippen molar-refractivity contribution in [2.45, 2.75) is 12.1 Å². The maximum atomic E-state index is 13.4. The fourth-order valence-electron chi connectivity index (χ4n) is 4.17. The van der Waals surface area contributed by atoms with E-state index >= 15 is 0 Å². The van der Waals surface area contributed by atoms with Gasteiger partial charge in [0, 0.05) is 46.9 Å². The van der Waals surface area contributed by atoms with Gasteiger partial charge in [0.1, 0.15) is 6.29 Å². The van der Waals surface area contributed by atoms with Gasteiger partial charge in [-0.05, 0) is 35.2 Å². The lowest BCUT2D eigenvalue weighted by molar-refractivity contribution is -0.111. The molecular weight excluding hydrogens is 701 g/mol. The summed E-state index contributed by atoms with van der Waals surface area (Å²) in [6, 6.07) is 17.3. The first-order valence-electron chi connectivity index (χ1n) is 14.0. The molecule has 0 bridgehead atoms. The van der Waals surface area contributed by atoms with E-state index < -0.39 is 6.04 Å². The lowest BCUT2D eigenvalue weighted by atomic mass is 10.0. The molecule has 0 aliphatic heterocycles. The highest BCUT2D eigenvalue weighted by molar-refractivity contribution is 8.76. The normalized spacial score (nSPS) is 12.5. The Labute approximate surface area is 295 Å². The highest BCUT2D eigenvalue weighted by Crippen LogP contribution is 2.28. The summed E-state index contributed by atoms with van der Waals surface area (Å²) in [7, 11) is 2.82. The molecule has 2 atom stereocenters. The Morgan fingerprint density at radius 3 is 1.83 bits per heavy atom. The molecule has 0 spiro atoms. The number of rotatable bonds is 18. The summed E-state index contributed by atoms with van der Waals surface area (Å²) >= 11 is 13.4. The number of aromatic nitrogens is 2. The third-order valence-electron chi connectivity index (χ3n) is 6.47. The molecule has 2 aromatic carbocycles. The van der Waals surface area contributed by atoms with Crippen LogP contribution in [0.2, 0.25) is 0 Å². The van der Waals surface area contributed by atoms with Crippen LogP contribution in [0.5, 0.6) is 0 Å². The summed E-state index contributed by atoms with van der Waals surface area (Å²) in [5.41, 5.74) is 3.02. The zero-order valence-corrected chi connectivity index (χ0v) is 29.5. The van der Waals surface area contributed by atoms with Crippen LogP contribution in [0.15, 0.2) is 60.7 Å². The minimum Gasteiger partial charge on any atom is -0.351 e. The Hall–Kier alpha value is -2.44. The maximum absolute atomic E-state index is 13.4. The minimum absolute atomic E-state index is 0.260. The van der Waals surface area contributed by atoms with Gasteiger partial charge in [-0.15, -0.1) is 12.6 Å². The van der Waals surface area contributed by atoms with Crippen LogP contribution >= 0.6 is 71.6 Å². The Kier molecular flexibility index (Phi) is 14.9. The van der Waals surface area contributed by atoms with Crippen molar-refractivity contribution >= 4 is 117 Å². The summed E-state index contributed by atoms with van der Waals surface area (Å²) in [5, 5.41) is 6.98. The molecule has 0 aliphatic rings. The molecule has 0 aliphatic carbocycles. The summed E-state index contributed by atoms with van der Waals surface area (Å²) in [5.74, 6) is 1.30. The van der Waals surface area contributed by atoms with E-state index in [2.05, 4.69) is 58.0 Å². The number of thiol groups is 3. The smallest absolute Gasteiger partial charge is 0.252 e. The molecule has 2 heterocycles. The fourth-order valence-corrected chi connectivity index (χ4v) is 7.63. The number of nitrogens with zero attached hydrogens (tertiary/aromatic N) is 2. The SMILES string of the molecule is O=C[C@H](CS)NSSCCNC(=O)c1cc(-c2cc(C(=O)NCCSN[C@@H](CS)C(=O)S)c3ccccc3n2)nc2ccccc12. The molecule has 0 saturated carbocycles. The van der Waals surface area contributed by atoms with E-state index in [0.29, 0.717) is 80.4 Å². The molecular formula is C30H32N6O4S6. The Morgan fingerprint density at radius 1 is 0.783 bits per heavy atom. The van der Waals surface area contributed by atoms with E-state index in [1.807, 2.05) is 48.5 Å². The third-order valence-corrected chi connectivity index (χ3v) is 10.4. The van der Waals surface area contributed by atoms with Crippen molar-refractivity contribution in [2.24, 2.45) is 0 Å². The number of nitrogens with one attached hydrogen (secondary N) is 4. The van der Waals surface area contributed by atoms with Crippen molar-refractivity contribution in [2.75, 3.05) is 36.1 Å². The first-order chi connectivity index (χ1) is 22.4. The Balaban J connectivity index is 1.52. The van der Waals surface area contributed by atoms with E-state index in [4.69, 9.17) is 9.97 Å². The van der Waals surface area contributed by atoms with Gasteiger partial charge < -0.3 is 15.4 Å². The second-order valence-electron chi connectivity index (χ2n) is 9.64. The second-order valence-corrected chi connectivity index (χ2v) is 14.0. The molecule has 0 saturated heterocycles. The quantitative estimate of drug-likeness (QED) is 0.0259. The number of hydrogen-bond donors (Lipinski definition) is 7. The van der Waals surface area contributed by atoms with Crippen LogP contribution in [0.4, 0.5) is 0 Å². The zero-order valence-electron chi connectivity index (χ0n) is 24.3.